The summed E-state index contributed by atoms with van der Waals surface area (Å²) in [6, 6.07) is 0. The summed E-state index contributed by atoms with van der Waals surface area (Å²) in [4.78, 5) is 19.2. The van der Waals surface area contributed by atoms with Crippen LogP contribution in [-0.2, 0) is 9.59 Å². The molecule has 0 heterocycles. The van der Waals surface area contributed by atoms with E-state index in [-0.39, 0.29) is 6.17 Å². The van der Waals surface area contributed by atoms with Gasteiger partial charge < -0.3 is 10.6 Å². The lowest BCUT2D eigenvalue weighted by molar-refractivity contribution is -0.112. The van der Waals surface area contributed by atoms with Gasteiger partial charge in [-0.1, -0.05) is 0 Å². The minimum absolute atomic E-state index is 0.273. The summed E-state index contributed by atoms with van der Waals surface area (Å²) in [5.74, 6) is 0. The third kappa shape index (κ3) is 3.14. The number of carbonyl (C=O) groups is 2. The maximum atomic E-state index is 9.62. The second kappa shape index (κ2) is 4.11. The Labute approximate surface area is 47.3 Å². The fourth-order valence-electron chi connectivity index (χ4n) is 0.252. The number of hydrogen-bond acceptors (Lipinski definition) is 2. The maximum Gasteiger partial charge on any atom is 0.208 e. The standard InChI is InChI=1S/C4H8N2O2/c1-4(5-2-7)6-3-8/h2-4H,1H3,(H,5,7)(H,6,8). The minimum Gasteiger partial charge on any atom is -0.339 e. The molecule has 0 radical (unpaired) electrons. The van der Waals surface area contributed by atoms with Crippen molar-refractivity contribution in [3.05, 3.63) is 0 Å². The molecular weight excluding hydrogens is 108 g/mol. The summed E-state index contributed by atoms with van der Waals surface area (Å²) in [6.45, 7) is 1.66. The lowest BCUT2D eigenvalue weighted by Gasteiger charge is -2.05. The summed E-state index contributed by atoms with van der Waals surface area (Å²) in [6.07, 6.45) is 0.785. The van der Waals surface area contributed by atoms with Crippen molar-refractivity contribution in [3.8, 4) is 0 Å². The molecule has 2 N–H and O–H groups in total. The van der Waals surface area contributed by atoms with Crippen molar-refractivity contribution < 1.29 is 9.59 Å². The van der Waals surface area contributed by atoms with Crippen LogP contribution in [0.4, 0.5) is 0 Å². The third-order valence-electron chi connectivity index (χ3n) is 0.636. The van der Waals surface area contributed by atoms with Gasteiger partial charge in [0.15, 0.2) is 0 Å². The topological polar surface area (TPSA) is 58.2 Å². The zero-order chi connectivity index (χ0) is 6.41. The van der Waals surface area contributed by atoms with Crippen molar-refractivity contribution in [2.45, 2.75) is 13.1 Å². The van der Waals surface area contributed by atoms with E-state index in [1.807, 2.05) is 0 Å². The average Bonchev–Trinajstić information content (AvgIpc) is 1.68. The predicted octanol–water partition coefficient (Wildman–Crippen LogP) is -1.18. The van der Waals surface area contributed by atoms with Crippen molar-refractivity contribution in [3.63, 3.8) is 0 Å². The van der Waals surface area contributed by atoms with Gasteiger partial charge in [0.2, 0.25) is 12.8 Å². The van der Waals surface area contributed by atoms with Gasteiger partial charge in [-0.2, -0.15) is 0 Å². The van der Waals surface area contributed by atoms with E-state index >= 15 is 0 Å². The van der Waals surface area contributed by atoms with Gasteiger partial charge in [0, 0.05) is 0 Å². The molecule has 46 valence electrons. The van der Waals surface area contributed by atoms with Gasteiger partial charge in [0.05, 0.1) is 6.17 Å². The number of nitrogens with one attached hydrogen (secondary N) is 2. The normalized spacial score (nSPS) is 8.25. The zero-order valence-electron chi connectivity index (χ0n) is 4.55. The Bertz CT molecular complexity index is 74.1. The molecular formula is C4H8N2O2. The molecule has 0 saturated carbocycles. The minimum atomic E-state index is -0.273. The first-order valence-electron chi connectivity index (χ1n) is 2.20. The Hall–Kier alpha value is -1.06. The molecule has 8 heavy (non-hydrogen) atoms. The maximum absolute atomic E-state index is 9.62. The molecule has 0 aliphatic rings. The molecule has 0 aliphatic heterocycles. The predicted molar refractivity (Wildman–Crippen MR) is 27.9 cm³/mol. The fraction of sp³-hybridized carbons (Fsp3) is 0.500. The van der Waals surface area contributed by atoms with E-state index in [9.17, 15) is 9.59 Å². The Morgan fingerprint density at radius 2 is 1.62 bits per heavy atom. The zero-order valence-corrected chi connectivity index (χ0v) is 4.55. The largest absolute Gasteiger partial charge is 0.339 e. The van der Waals surface area contributed by atoms with Gasteiger partial charge in [-0.15, -0.1) is 0 Å². The van der Waals surface area contributed by atoms with E-state index in [4.69, 9.17) is 0 Å². The molecule has 0 bridgehead atoms. The molecule has 0 atom stereocenters. The number of amides is 2. The molecule has 0 saturated heterocycles. The monoisotopic (exact) mass is 116 g/mol. The van der Waals surface area contributed by atoms with Gasteiger partial charge in [0.1, 0.15) is 0 Å². The van der Waals surface area contributed by atoms with E-state index in [0.29, 0.717) is 12.8 Å². The van der Waals surface area contributed by atoms with E-state index in [1.54, 1.807) is 6.92 Å². The molecule has 4 nitrogen and oxygen atoms in total. The van der Waals surface area contributed by atoms with Crippen LogP contribution < -0.4 is 10.6 Å². The van der Waals surface area contributed by atoms with Crippen LogP contribution >= 0.6 is 0 Å². The first-order valence-corrected chi connectivity index (χ1v) is 2.20. The van der Waals surface area contributed by atoms with Crippen LogP contribution in [0.3, 0.4) is 0 Å². The van der Waals surface area contributed by atoms with Crippen LogP contribution in [0.5, 0.6) is 0 Å². The van der Waals surface area contributed by atoms with Crippen LogP contribution in [0.15, 0.2) is 0 Å². The SMILES string of the molecule is CC(NC=O)NC=O. The Morgan fingerprint density at radius 3 is 1.88 bits per heavy atom. The molecule has 0 aromatic carbocycles. The van der Waals surface area contributed by atoms with Gasteiger partial charge in [-0.25, -0.2) is 0 Å². The van der Waals surface area contributed by atoms with Crippen molar-refractivity contribution >= 4 is 12.8 Å². The highest BCUT2D eigenvalue weighted by molar-refractivity contribution is 5.50. The molecule has 2 amide bonds. The van der Waals surface area contributed by atoms with Gasteiger partial charge in [-0.05, 0) is 6.92 Å². The third-order valence-corrected chi connectivity index (χ3v) is 0.636. The van der Waals surface area contributed by atoms with Crippen molar-refractivity contribution in [2.24, 2.45) is 0 Å². The summed E-state index contributed by atoms with van der Waals surface area (Å²) >= 11 is 0. The summed E-state index contributed by atoms with van der Waals surface area (Å²) in [7, 11) is 0. The van der Waals surface area contributed by atoms with Gasteiger partial charge >= 0.3 is 0 Å². The fourth-order valence-corrected chi connectivity index (χ4v) is 0.252. The molecule has 0 aromatic rings. The first kappa shape index (κ1) is 6.94. The molecule has 0 fully saturated rings. The van der Waals surface area contributed by atoms with Crippen LogP contribution in [0.25, 0.3) is 0 Å². The summed E-state index contributed by atoms with van der Waals surface area (Å²) in [5.41, 5.74) is 0. The van der Waals surface area contributed by atoms with Crippen LogP contribution in [-0.4, -0.2) is 19.0 Å². The van der Waals surface area contributed by atoms with Crippen molar-refractivity contribution in [1.82, 2.24) is 10.6 Å². The highest BCUT2D eigenvalue weighted by Gasteiger charge is 1.90. The summed E-state index contributed by atoms with van der Waals surface area (Å²) in [5, 5.41) is 4.65. The van der Waals surface area contributed by atoms with Crippen LogP contribution in [0.1, 0.15) is 6.92 Å². The second-order valence-electron chi connectivity index (χ2n) is 1.29. The van der Waals surface area contributed by atoms with Crippen molar-refractivity contribution in [1.29, 1.82) is 0 Å². The smallest absolute Gasteiger partial charge is 0.208 e. The Balaban J connectivity index is 3.16. The quantitative estimate of drug-likeness (QED) is 0.359. The molecule has 0 aliphatic carbocycles. The average molecular weight is 116 g/mol. The molecule has 0 aromatic heterocycles. The number of carbonyl (C=O) groups excluding carboxylic acids is 2. The van der Waals surface area contributed by atoms with Crippen molar-refractivity contribution in [2.75, 3.05) is 0 Å². The summed E-state index contributed by atoms with van der Waals surface area (Å²) < 4.78 is 0. The van der Waals surface area contributed by atoms with Crippen LogP contribution in [0.2, 0.25) is 0 Å². The Kier molecular flexibility index (Phi) is 3.56. The lowest BCUT2D eigenvalue weighted by atomic mass is 10.6. The number of rotatable bonds is 4. The molecule has 0 spiro atoms. The first-order chi connectivity index (χ1) is 3.81. The van der Waals surface area contributed by atoms with E-state index in [2.05, 4.69) is 10.6 Å². The molecule has 4 heteroatoms. The molecule has 0 rings (SSSR count). The molecule has 0 unspecified atom stereocenters. The highest BCUT2D eigenvalue weighted by atomic mass is 16.1. The highest BCUT2D eigenvalue weighted by Crippen LogP contribution is 1.63. The Morgan fingerprint density at radius 1 is 1.25 bits per heavy atom. The van der Waals surface area contributed by atoms with E-state index in [1.165, 1.54) is 0 Å². The lowest BCUT2D eigenvalue weighted by Crippen LogP contribution is -2.37. The van der Waals surface area contributed by atoms with E-state index in [0.717, 1.165) is 0 Å². The second-order valence-corrected chi connectivity index (χ2v) is 1.29. The van der Waals surface area contributed by atoms with Crippen LogP contribution in [0, 0.1) is 0 Å². The number of hydrogen-bond donors (Lipinski definition) is 2. The van der Waals surface area contributed by atoms with E-state index < -0.39 is 0 Å². The van der Waals surface area contributed by atoms with Gasteiger partial charge in [0.25, 0.3) is 0 Å². The van der Waals surface area contributed by atoms with Gasteiger partial charge in [-0.3, -0.25) is 9.59 Å².